The molecule has 6 heteroatoms. The molecule has 1 aliphatic heterocycles. The molecule has 1 aliphatic rings. The molecule has 22 heavy (non-hydrogen) atoms. The molecule has 1 aromatic carbocycles. The molecule has 116 valence electrons. The molecule has 0 aliphatic carbocycles. The van der Waals surface area contributed by atoms with Crippen molar-refractivity contribution in [1.29, 1.82) is 0 Å². The van der Waals surface area contributed by atoms with Crippen LogP contribution in [-0.2, 0) is 6.54 Å². The number of fused-ring (bicyclic) bond motifs is 1. The molecule has 5 nitrogen and oxygen atoms in total. The molecule has 0 bridgehead atoms. The summed E-state index contributed by atoms with van der Waals surface area (Å²) in [6.07, 6.45) is 0.883. The first-order valence-electron chi connectivity index (χ1n) is 7.37. The van der Waals surface area contributed by atoms with Gasteiger partial charge in [-0.15, -0.1) is 0 Å². The number of thioether (sulfide) groups is 1. The number of hydrogen-bond acceptors (Lipinski definition) is 5. The molecule has 0 saturated carbocycles. The largest absolute Gasteiger partial charge is 0.490 e. The number of carbonyl (C=O) groups excluding carboxylic acids is 1. The zero-order valence-electron chi connectivity index (χ0n) is 12.7. The number of nitrogens with zero attached hydrogens (tertiary/aromatic N) is 2. The molecular formula is C16H18N2O3S. The first-order chi connectivity index (χ1) is 10.8. The summed E-state index contributed by atoms with van der Waals surface area (Å²) < 4.78 is 13.2. The van der Waals surface area contributed by atoms with Gasteiger partial charge < -0.3 is 14.0 Å². The van der Waals surface area contributed by atoms with Gasteiger partial charge >= 0.3 is 0 Å². The molecule has 0 unspecified atom stereocenters. The van der Waals surface area contributed by atoms with Crippen LogP contribution in [0.15, 0.2) is 23.4 Å². The van der Waals surface area contributed by atoms with Crippen molar-refractivity contribution < 1.29 is 14.3 Å². The topological polar surface area (TPSA) is 53.4 Å². The van der Waals surface area contributed by atoms with E-state index >= 15 is 0 Å². The lowest BCUT2D eigenvalue weighted by Gasteiger charge is -2.12. The van der Waals surface area contributed by atoms with Crippen molar-refractivity contribution in [2.24, 2.45) is 0 Å². The highest BCUT2D eigenvalue weighted by atomic mass is 32.2. The van der Waals surface area contributed by atoms with Crippen LogP contribution < -0.4 is 9.47 Å². The average Bonchev–Trinajstić information content (AvgIpc) is 3.09. The molecule has 0 spiro atoms. The van der Waals surface area contributed by atoms with Crippen LogP contribution in [0.4, 0.5) is 0 Å². The second kappa shape index (κ2) is 6.44. The Morgan fingerprint density at radius 1 is 1.27 bits per heavy atom. The van der Waals surface area contributed by atoms with E-state index in [-0.39, 0.29) is 0 Å². The Morgan fingerprint density at radius 2 is 2.05 bits per heavy atom. The van der Waals surface area contributed by atoms with E-state index < -0.39 is 0 Å². The van der Waals surface area contributed by atoms with Crippen molar-refractivity contribution in [1.82, 2.24) is 9.55 Å². The van der Waals surface area contributed by atoms with Gasteiger partial charge in [-0.1, -0.05) is 11.8 Å². The van der Waals surface area contributed by atoms with E-state index in [9.17, 15) is 4.79 Å². The number of benzene rings is 1. The van der Waals surface area contributed by atoms with Crippen molar-refractivity contribution in [3.63, 3.8) is 0 Å². The molecule has 0 saturated heterocycles. The Labute approximate surface area is 133 Å². The van der Waals surface area contributed by atoms with Gasteiger partial charge in [0.05, 0.1) is 13.2 Å². The summed E-state index contributed by atoms with van der Waals surface area (Å²) in [6, 6.07) is 5.68. The Kier molecular flexibility index (Phi) is 4.38. The summed E-state index contributed by atoms with van der Waals surface area (Å²) in [5.74, 6) is 2.36. The van der Waals surface area contributed by atoms with Crippen LogP contribution in [0.5, 0.6) is 11.5 Å². The Hall–Kier alpha value is -1.95. The number of ether oxygens (including phenoxy) is 2. The first-order valence-corrected chi connectivity index (χ1v) is 8.35. The van der Waals surface area contributed by atoms with Gasteiger partial charge in [0.25, 0.3) is 0 Å². The Balaban J connectivity index is 2.05. The minimum Gasteiger partial charge on any atom is -0.490 e. The number of imidazole rings is 1. The van der Waals surface area contributed by atoms with Gasteiger partial charge in [0.15, 0.2) is 22.9 Å². The summed E-state index contributed by atoms with van der Waals surface area (Å²) in [5, 5.41) is 0.906. The van der Waals surface area contributed by atoms with Gasteiger partial charge in [-0.05, 0) is 32.0 Å². The van der Waals surface area contributed by atoms with Crippen molar-refractivity contribution in [2.75, 3.05) is 19.0 Å². The van der Waals surface area contributed by atoms with E-state index in [1.54, 1.807) is 11.8 Å². The molecule has 0 fully saturated rings. The fourth-order valence-corrected chi connectivity index (χ4v) is 3.49. The van der Waals surface area contributed by atoms with Crippen molar-refractivity contribution in [3.05, 3.63) is 23.9 Å². The lowest BCUT2D eigenvalue weighted by Crippen LogP contribution is -2.01. The van der Waals surface area contributed by atoms with Crippen molar-refractivity contribution in [3.8, 4) is 22.8 Å². The molecule has 2 aromatic rings. The first kappa shape index (κ1) is 15.0. The molecule has 3 rings (SSSR count). The van der Waals surface area contributed by atoms with E-state index in [1.807, 2.05) is 36.6 Å². The van der Waals surface area contributed by atoms with E-state index in [0.717, 1.165) is 29.3 Å². The number of aromatic nitrogens is 2. The van der Waals surface area contributed by atoms with E-state index in [0.29, 0.717) is 36.1 Å². The fraction of sp³-hybridized carbons (Fsp3) is 0.375. The van der Waals surface area contributed by atoms with Crippen molar-refractivity contribution >= 4 is 18.0 Å². The minimum atomic E-state index is 0.555. The van der Waals surface area contributed by atoms with Gasteiger partial charge in [-0.3, -0.25) is 4.79 Å². The second-order valence-corrected chi connectivity index (χ2v) is 5.84. The van der Waals surface area contributed by atoms with Gasteiger partial charge in [0, 0.05) is 17.9 Å². The number of carbonyl (C=O) groups is 1. The number of aldehydes is 1. The molecule has 2 heterocycles. The third-order valence-corrected chi connectivity index (χ3v) is 4.40. The quantitative estimate of drug-likeness (QED) is 0.765. The summed E-state index contributed by atoms with van der Waals surface area (Å²) >= 11 is 1.68. The normalized spacial score (nSPS) is 13.0. The summed E-state index contributed by atoms with van der Waals surface area (Å²) in [4.78, 5) is 16.1. The van der Waals surface area contributed by atoms with Gasteiger partial charge in [-0.25, -0.2) is 4.98 Å². The third kappa shape index (κ3) is 2.59. The van der Waals surface area contributed by atoms with Gasteiger partial charge in [0.1, 0.15) is 11.4 Å². The zero-order chi connectivity index (χ0) is 15.5. The molecular weight excluding hydrogens is 300 g/mol. The van der Waals surface area contributed by atoms with E-state index in [1.165, 1.54) is 0 Å². The smallest absolute Gasteiger partial charge is 0.169 e. The Morgan fingerprint density at radius 3 is 2.77 bits per heavy atom. The number of rotatable bonds is 6. The van der Waals surface area contributed by atoms with Crippen LogP contribution in [0, 0.1) is 0 Å². The van der Waals surface area contributed by atoms with Crippen LogP contribution >= 0.6 is 11.8 Å². The highest BCUT2D eigenvalue weighted by molar-refractivity contribution is 7.99. The maximum atomic E-state index is 11.5. The minimum absolute atomic E-state index is 0.555. The monoisotopic (exact) mass is 318 g/mol. The molecule has 0 N–H and O–H groups in total. The second-order valence-electron chi connectivity index (χ2n) is 4.77. The van der Waals surface area contributed by atoms with Crippen LogP contribution in [0.25, 0.3) is 11.3 Å². The summed E-state index contributed by atoms with van der Waals surface area (Å²) in [6.45, 7) is 5.83. The summed E-state index contributed by atoms with van der Waals surface area (Å²) in [5.41, 5.74) is 2.21. The predicted molar refractivity (Wildman–Crippen MR) is 86.1 cm³/mol. The van der Waals surface area contributed by atoms with E-state index in [4.69, 9.17) is 9.47 Å². The molecule has 0 atom stereocenters. The fourth-order valence-electron chi connectivity index (χ4n) is 2.53. The zero-order valence-corrected chi connectivity index (χ0v) is 13.5. The number of hydrogen-bond donors (Lipinski definition) is 0. The van der Waals surface area contributed by atoms with Crippen molar-refractivity contribution in [2.45, 2.75) is 25.5 Å². The maximum absolute atomic E-state index is 11.5. The third-order valence-electron chi connectivity index (χ3n) is 3.45. The summed E-state index contributed by atoms with van der Waals surface area (Å²) in [7, 11) is 0. The lowest BCUT2D eigenvalue weighted by molar-refractivity contribution is 0.111. The van der Waals surface area contributed by atoms with Crippen LogP contribution in [0.2, 0.25) is 0 Å². The molecule has 0 radical (unpaired) electrons. The highest BCUT2D eigenvalue weighted by Gasteiger charge is 2.23. The maximum Gasteiger partial charge on any atom is 0.169 e. The van der Waals surface area contributed by atoms with Gasteiger partial charge in [0.2, 0.25) is 0 Å². The Bertz CT molecular complexity index is 697. The van der Waals surface area contributed by atoms with Crippen LogP contribution in [0.1, 0.15) is 24.3 Å². The SMILES string of the molecule is CCOc1ccc(-c2nc3n(c2C=O)CCS3)cc1OCC. The van der Waals surface area contributed by atoms with Crippen LogP contribution in [-0.4, -0.2) is 34.8 Å². The highest BCUT2D eigenvalue weighted by Crippen LogP contribution is 2.36. The standard InChI is InChI=1S/C16H18N2O3S/c1-3-20-13-6-5-11(9-14(13)21-4-2)15-12(10-19)18-7-8-22-16(18)17-15/h5-6,9-10H,3-4,7-8H2,1-2H3. The van der Waals surface area contributed by atoms with Gasteiger partial charge in [-0.2, -0.15) is 0 Å². The predicted octanol–water partition coefficient (Wildman–Crippen LogP) is 3.27. The average molecular weight is 318 g/mol. The molecule has 1 aromatic heterocycles. The lowest BCUT2D eigenvalue weighted by atomic mass is 10.1. The van der Waals surface area contributed by atoms with Crippen LogP contribution in [0.3, 0.4) is 0 Å². The molecule has 0 amide bonds. The van der Waals surface area contributed by atoms with E-state index in [2.05, 4.69) is 4.98 Å².